The maximum absolute atomic E-state index is 8.59. The van der Waals surface area contributed by atoms with Gasteiger partial charge in [-0.3, -0.25) is 0 Å². The van der Waals surface area contributed by atoms with E-state index in [4.69, 9.17) is 10.4 Å². The minimum absolute atomic E-state index is 0.283. The average molecular weight is 145 g/mol. The van der Waals surface area contributed by atoms with Gasteiger partial charge in [-0.2, -0.15) is 5.26 Å². The van der Waals surface area contributed by atoms with Crippen LogP contribution in [-0.2, 0) is 0 Å². The van der Waals surface area contributed by atoms with E-state index in [1.54, 1.807) is 12.1 Å². The van der Waals surface area contributed by atoms with Gasteiger partial charge in [0.1, 0.15) is 6.07 Å². The molecule has 0 saturated carbocycles. The smallest absolute Gasteiger partial charge is 0.103 e. The highest BCUT2D eigenvalue weighted by atomic mass is 16.2. The molecule has 1 aromatic carbocycles. The summed E-state index contributed by atoms with van der Waals surface area (Å²) in [6.07, 6.45) is 0.815. The van der Waals surface area contributed by atoms with Gasteiger partial charge < -0.3 is 5.11 Å². The zero-order chi connectivity index (χ0) is 8.10. The Hall–Kier alpha value is -1.75. The summed E-state index contributed by atoms with van der Waals surface area (Å²) >= 11 is 0. The Kier molecular flexibility index (Phi) is 2.29. The highest BCUT2D eigenvalue weighted by molar-refractivity contribution is 5.75. The fourth-order valence-corrected chi connectivity index (χ4v) is 0.786. The Balaban J connectivity index is 3.05. The van der Waals surface area contributed by atoms with Crippen molar-refractivity contribution < 1.29 is 5.11 Å². The van der Waals surface area contributed by atoms with Gasteiger partial charge in [0.2, 0.25) is 0 Å². The molecule has 0 atom stereocenters. The molecular weight excluding hydrogens is 138 g/mol. The number of rotatable bonds is 1. The fraction of sp³-hybridized carbons (Fsp3) is 0. The third kappa shape index (κ3) is 1.59. The Labute approximate surface area is 65.0 Å². The van der Waals surface area contributed by atoms with Crippen molar-refractivity contribution in [3.8, 4) is 6.07 Å². The standard InChI is InChI=1S/C9H7NO/c10-6-9(7-11)8-4-2-1-3-5-8/h1-5,7,11H/b9-7+. The first kappa shape index (κ1) is 7.36. The van der Waals surface area contributed by atoms with Crippen LogP contribution in [0, 0.1) is 11.3 Å². The maximum atomic E-state index is 8.59. The Bertz CT molecular complexity index is 295. The lowest BCUT2D eigenvalue weighted by Crippen LogP contribution is -1.78. The Morgan fingerprint density at radius 3 is 2.45 bits per heavy atom. The minimum Gasteiger partial charge on any atom is -0.514 e. The van der Waals surface area contributed by atoms with E-state index in [2.05, 4.69) is 0 Å². The number of hydrogen-bond donors (Lipinski definition) is 1. The normalized spacial score (nSPS) is 10.6. The van der Waals surface area contributed by atoms with Crippen molar-refractivity contribution in [2.75, 3.05) is 0 Å². The average Bonchev–Trinajstić information content (AvgIpc) is 2.09. The molecule has 1 N–H and O–H groups in total. The second-order valence-electron chi connectivity index (χ2n) is 2.02. The van der Waals surface area contributed by atoms with E-state index in [1.165, 1.54) is 0 Å². The van der Waals surface area contributed by atoms with Crippen molar-refractivity contribution in [1.82, 2.24) is 0 Å². The molecule has 0 aromatic heterocycles. The second kappa shape index (κ2) is 3.43. The zero-order valence-corrected chi connectivity index (χ0v) is 5.86. The van der Waals surface area contributed by atoms with Crippen LogP contribution in [0.25, 0.3) is 5.57 Å². The molecule has 0 spiro atoms. The molecule has 0 aliphatic rings. The fourth-order valence-electron chi connectivity index (χ4n) is 0.786. The van der Waals surface area contributed by atoms with E-state index in [0.717, 1.165) is 11.8 Å². The summed E-state index contributed by atoms with van der Waals surface area (Å²) in [6, 6.07) is 10.9. The lowest BCUT2D eigenvalue weighted by atomic mass is 10.1. The molecule has 0 aliphatic heterocycles. The number of hydrogen-bond acceptors (Lipinski definition) is 2. The molecule has 0 aliphatic carbocycles. The minimum atomic E-state index is 0.283. The molecule has 0 bridgehead atoms. The van der Waals surface area contributed by atoms with Crippen molar-refractivity contribution >= 4 is 5.57 Å². The van der Waals surface area contributed by atoms with Gasteiger partial charge in [-0.1, -0.05) is 30.3 Å². The van der Waals surface area contributed by atoms with Crippen molar-refractivity contribution in [2.24, 2.45) is 0 Å². The van der Waals surface area contributed by atoms with Crippen LogP contribution >= 0.6 is 0 Å². The number of aliphatic hydroxyl groups is 1. The molecule has 2 nitrogen and oxygen atoms in total. The largest absolute Gasteiger partial charge is 0.514 e. The van der Waals surface area contributed by atoms with E-state index >= 15 is 0 Å². The van der Waals surface area contributed by atoms with Gasteiger partial charge in [-0.05, 0) is 5.56 Å². The molecule has 0 radical (unpaired) electrons. The molecule has 11 heavy (non-hydrogen) atoms. The first-order valence-electron chi connectivity index (χ1n) is 3.18. The van der Waals surface area contributed by atoms with Crippen molar-refractivity contribution in [1.29, 1.82) is 5.26 Å². The summed E-state index contributed by atoms with van der Waals surface area (Å²) in [5.74, 6) is 0. The van der Waals surface area contributed by atoms with Crippen LogP contribution in [0.2, 0.25) is 0 Å². The highest BCUT2D eigenvalue weighted by Crippen LogP contribution is 2.10. The van der Waals surface area contributed by atoms with Crippen molar-refractivity contribution in [3.05, 3.63) is 42.2 Å². The van der Waals surface area contributed by atoms with Crippen LogP contribution in [0.1, 0.15) is 5.56 Å². The van der Waals surface area contributed by atoms with E-state index in [0.29, 0.717) is 0 Å². The van der Waals surface area contributed by atoms with Gasteiger partial charge in [0.15, 0.2) is 0 Å². The zero-order valence-electron chi connectivity index (χ0n) is 5.86. The predicted molar refractivity (Wildman–Crippen MR) is 42.7 cm³/mol. The number of allylic oxidation sites excluding steroid dienone is 1. The van der Waals surface area contributed by atoms with Crippen LogP contribution in [0.15, 0.2) is 36.6 Å². The summed E-state index contributed by atoms with van der Waals surface area (Å²) in [5.41, 5.74) is 1.02. The van der Waals surface area contributed by atoms with E-state index in [1.807, 2.05) is 24.3 Å². The molecule has 0 saturated heterocycles. The van der Waals surface area contributed by atoms with Gasteiger partial charge in [0.05, 0.1) is 11.8 Å². The molecule has 0 amide bonds. The van der Waals surface area contributed by atoms with Gasteiger partial charge >= 0.3 is 0 Å². The number of aliphatic hydroxyl groups excluding tert-OH is 1. The van der Waals surface area contributed by atoms with Crippen LogP contribution < -0.4 is 0 Å². The van der Waals surface area contributed by atoms with Crippen LogP contribution in [0.5, 0.6) is 0 Å². The second-order valence-corrected chi connectivity index (χ2v) is 2.02. The number of nitriles is 1. The molecule has 2 heteroatoms. The summed E-state index contributed by atoms with van der Waals surface area (Å²) in [4.78, 5) is 0. The van der Waals surface area contributed by atoms with Gasteiger partial charge in [-0.25, -0.2) is 0 Å². The first-order chi connectivity index (χ1) is 5.38. The molecule has 1 aromatic rings. The summed E-state index contributed by atoms with van der Waals surface area (Å²) in [5, 5.41) is 17.1. The van der Waals surface area contributed by atoms with Crippen LogP contribution in [0.3, 0.4) is 0 Å². The van der Waals surface area contributed by atoms with Gasteiger partial charge in [0, 0.05) is 0 Å². The lowest BCUT2D eigenvalue weighted by molar-refractivity contribution is 0.476. The van der Waals surface area contributed by atoms with Gasteiger partial charge in [0.25, 0.3) is 0 Å². The van der Waals surface area contributed by atoms with E-state index in [9.17, 15) is 0 Å². The summed E-state index contributed by atoms with van der Waals surface area (Å²) in [6.45, 7) is 0. The molecule has 0 fully saturated rings. The number of benzene rings is 1. The molecule has 0 heterocycles. The van der Waals surface area contributed by atoms with Crippen LogP contribution in [-0.4, -0.2) is 5.11 Å². The third-order valence-electron chi connectivity index (χ3n) is 1.33. The molecular formula is C9H7NO. The van der Waals surface area contributed by atoms with E-state index < -0.39 is 0 Å². The van der Waals surface area contributed by atoms with Gasteiger partial charge in [-0.15, -0.1) is 0 Å². The SMILES string of the molecule is N#C/C(=C\O)c1ccccc1. The highest BCUT2D eigenvalue weighted by Gasteiger charge is 1.96. The number of nitrogens with zero attached hydrogens (tertiary/aromatic N) is 1. The molecule has 1 rings (SSSR count). The van der Waals surface area contributed by atoms with Crippen molar-refractivity contribution in [2.45, 2.75) is 0 Å². The predicted octanol–water partition coefficient (Wildman–Crippen LogP) is 2.11. The molecule has 54 valence electrons. The van der Waals surface area contributed by atoms with Crippen molar-refractivity contribution in [3.63, 3.8) is 0 Å². The monoisotopic (exact) mass is 145 g/mol. The maximum Gasteiger partial charge on any atom is 0.103 e. The lowest BCUT2D eigenvalue weighted by Gasteiger charge is -1.93. The molecule has 0 unspecified atom stereocenters. The first-order valence-corrected chi connectivity index (χ1v) is 3.18. The Morgan fingerprint density at radius 1 is 1.36 bits per heavy atom. The third-order valence-corrected chi connectivity index (χ3v) is 1.33. The quantitative estimate of drug-likeness (QED) is 0.485. The Morgan fingerprint density at radius 2 is 2.00 bits per heavy atom. The summed E-state index contributed by atoms with van der Waals surface area (Å²) < 4.78 is 0. The topological polar surface area (TPSA) is 44.0 Å². The van der Waals surface area contributed by atoms with E-state index in [-0.39, 0.29) is 5.57 Å². The van der Waals surface area contributed by atoms with Crippen LogP contribution in [0.4, 0.5) is 0 Å². The summed E-state index contributed by atoms with van der Waals surface area (Å²) in [7, 11) is 0.